The van der Waals surface area contributed by atoms with E-state index in [4.69, 9.17) is 19.4 Å². The van der Waals surface area contributed by atoms with Crippen molar-refractivity contribution in [3.05, 3.63) is 212 Å². The standard InChI is InChI=1S/C59H35N5O/c1-2-19-40(20-3-1)63-49-26-11-8-22-42(49)44-30-29-39(35-52(44)63)57-60-58(47-25-14-18-36-15-6-7-21-41(36)47)62-59(61-57)55-51(32-31-46-45-24-10-13-28-54(45)65-56(46)55)64-50-27-12-9-23-43(50)48-33-37-16-4-5-17-38(37)34-53(48)64/h1-35H. The van der Waals surface area contributed by atoms with Crippen LogP contribution in [0, 0.1) is 0 Å². The molecular formula is C59H35N5O. The second-order valence-electron chi connectivity index (χ2n) is 16.8. The quantitative estimate of drug-likeness (QED) is 0.173. The molecule has 4 heterocycles. The predicted octanol–water partition coefficient (Wildman–Crippen LogP) is 15.3. The lowest BCUT2D eigenvalue weighted by molar-refractivity contribution is 0.669. The number of hydrogen-bond donors (Lipinski definition) is 0. The molecule has 0 saturated heterocycles. The number of aromatic nitrogens is 5. The smallest absolute Gasteiger partial charge is 0.170 e. The number of furan rings is 1. The topological polar surface area (TPSA) is 61.7 Å². The number of nitrogens with zero attached hydrogens (tertiary/aromatic N) is 5. The maximum absolute atomic E-state index is 6.97. The molecule has 0 saturated carbocycles. The molecule has 6 nitrogen and oxygen atoms in total. The molecule has 0 bridgehead atoms. The Hall–Kier alpha value is -8.87. The minimum absolute atomic E-state index is 0.521. The van der Waals surface area contributed by atoms with Crippen molar-refractivity contribution in [1.82, 2.24) is 24.1 Å². The lowest BCUT2D eigenvalue weighted by Gasteiger charge is -2.16. The average Bonchev–Trinajstić information content (AvgIpc) is 4.02. The van der Waals surface area contributed by atoms with Crippen LogP contribution in [-0.4, -0.2) is 24.1 Å². The van der Waals surface area contributed by atoms with E-state index in [0.717, 1.165) is 88.2 Å². The number of benzene rings is 10. The van der Waals surface area contributed by atoms with Gasteiger partial charge in [0.25, 0.3) is 0 Å². The van der Waals surface area contributed by atoms with Gasteiger partial charge in [0.2, 0.25) is 0 Å². The molecule has 0 amide bonds. The van der Waals surface area contributed by atoms with Gasteiger partial charge in [-0.25, -0.2) is 15.0 Å². The fraction of sp³-hybridized carbons (Fsp3) is 0. The third-order valence-corrected chi connectivity index (χ3v) is 13.1. The zero-order valence-electron chi connectivity index (χ0n) is 34.9. The predicted molar refractivity (Wildman–Crippen MR) is 267 cm³/mol. The molecule has 14 rings (SSSR count). The van der Waals surface area contributed by atoms with Gasteiger partial charge in [0, 0.05) is 49.1 Å². The minimum atomic E-state index is 0.521. The maximum atomic E-state index is 6.97. The molecule has 0 radical (unpaired) electrons. The molecule has 10 aromatic carbocycles. The van der Waals surface area contributed by atoms with Crippen molar-refractivity contribution in [2.24, 2.45) is 0 Å². The highest BCUT2D eigenvalue weighted by Gasteiger charge is 2.25. The van der Waals surface area contributed by atoms with Crippen LogP contribution in [0.1, 0.15) is 0 Å². The summed E-state index contributed by atoms with van der Waals surface area (Å²) in [6.07, 6.45) is 0. The number of rotatable bonds is 5. The molecular weight excluding hydrogens is 795 g/mol. The number of hydrogen-bond acceptors (Lipinski definition) is 4. The SMILES string of the molecule is c1ccc(-n2c3ccccc3c3ccc(-c4nc(-c5cccc6ccccc56)nc(-c5c(-n6c7ccccc7c7cc8ccccc8cc76)ccc6c5oc5ccccc56)n4)cc32)cc1. The monoisotopic (exact) mass is 829 g/mol. The third kappa shape index (κ3) is 5.38. The normalized spacial score (nSPS) is 12.0. The van der Waals surface area contributed by atoms with Crippen LogP contribution in [0.2, 0.25) is 0 Å². The van der Waals surface area contributed by atoms with E-state index in [-0.39, 0.29) is 0 Å². The van der Waals surface area contributed by atoms with Gasteiger partial charge in [-0.05, 0) is 82.2 Å². The van der Waals surface area contributed by atoms with Crippen LogP contribution in [0.4, 0.5) is 0 Å². The maximum Gasteiger partial charge on any atom is 0.170 e. The summed E-state index contributed by atoms with van der Waals surface area (Å²) in [7, 11) is 0. The molecule has 302 valence electrons. The lowest BCUT2D eigenvalue weighted by atomic mass is 10.0. The van der Waals surface area contributed by atoms with Gasteiger partial charge in [0.05, 0.1) is 33.3 Å². The highest BCUT2D eigenvalue weighted by Crippen LogP contribution is 2.44. The molecule has 14 aromatic rings. The molecule has 0 aliphatic rings. The summed E-state index contributed by atoms with van der Waals surface area (Å²) in [4.78, 5) is 16.4. The first-order chi connectivity index (χ1) is 32.2. The first-order valence-corrected chi connectivity index (χ1v) is 21.9. The van der Waals surface area contributed by atoms with E-state index in [1.807, 2.05) is 12.1 Å². The van der Waals surface area contributed by atoms with Gasteiger partial charge in [-0.3, -0.25) is 0 Å². The van der Waals surface area contributed by atoms with E-state index in [0.29, 0.717) is 17.5 Å². The van der Waals surface area contributed by atoms with Crippen LogP contribution in [0.15, 0.2) is 217 Å². The first-order valence-electron chi connectivity index (χ1n) is 21.9. The van der Waals surface area contributed by atoms with E-state index in [1.165, 1.54) is 26.9 Å². The Labute approximate surface area is 371 Å². The van der Waals surface area contributed by atoms with Crippen LogP contribution in [0.25, 0.3) is 133 Å². The van der Waals surface area contributed by atoms with E-state index in [9.17, 15) is 0 Å². The summed E-state index contributed by atoms with van der Waals surface area (Å²) >= 11 is 0. The second kappa shape index (κ2) is 13.8. The van der Waals surface area contributed by atoms with E-state index >= 15 is 0 Å². The van der Waals surface area contributed by atoms with Crippen molar-refractivity contribution in [1.29, 1.82) is 0 Å². The van der Waals surface area contributed by atoms with Crippen molar-refractivity contribution in [3.63, 3.8) is 0 Å². The second-order valence-corrected chi connectivity index (χ2v) is 16.8. The van der Waals surface area contributed by atoms with Crippen molar-refractivity contribution < 1.29 is 4.42 Å². The zero-order valence-corrected chi connectivity index (χ0v) is 34.9. The van der Waals surface area contributed by atoms with Crippen molar-refractivity contribution >= 4 is 87.1 Å². The van der Waals surface area contributed by atoms with Crippen LogP contribution in [0.3, 0.4) is 0 Å². The van der Waals surface area contributed by atoms with Crippen LogP contribution in [0.5, 0.6) is 0 Å². The molecule has 0 unspecified atom stereocenters. The van der Waals surface area contributed by atoms with Gasteiger partial charge in [-0.1, -0.05) is 152 Å². The zero-order chi connectivity index (χ0) is 42.6. The number of fused-ring (bicyclic) bond motifs is 11. The van der Waals surface area contributed by atoms with E-state index in [1.54, 1.807) is 0 Å². The summed E-state index contributed by atoms with van der Waals surface area (Å²) in [6, 6.07) is 75.0. The Balaban J connectivity index is 1.11. The molecule has 4 aromatic heterocycles. The fourth-order valence-electron chi connectivity index (χ4n) is 10.2. The molecule has 6 heteroatoms. The highest BCUT2D eigenvalue weighted by atomic mass is 16.3. The number of para-hydroxylation sites is 4. The van der Waals surface area contributed by atoms with E-state index in [2.05, 4.69) is 209 Å². The van der Waals surface area contributed by atoms with Gasteiger partial charge in [-0.15, -0.1) is 0 Å². The molecule has 0 aliphatic heterocycles. The minimum Gasteiger partial charge on any atom is -0.455 e. The van der Waals surface area contributed by atoms with Crippen molar-refractivity contribution in [2.45, 2.75) is 0 Å². The Morgan fingerprint density at radius 1 is 0.338 bits per heavy atom. The van der Waals surface area contributed by atoms with Crippen LogP contribution >= 0.6 is 0 Å². The average molecular weight is 830 g/mol. The van der Waals surface area contributed by atoms with Gasteiger partial charge in [0.1, 0.15) is 11.2 Å². The molecule has 65 heavy (non-hydrogen) atoms. The molecule has 0 N–H and O–H groups in total. The summed E-state index contributed by atoms with van der Waals surface area (Å²) < 4.78 is 11.7. The van der Waals surface area contributed by atoms with Gasteiger partial charge in [-0.2, -0.15) is 0 Å². The summed E-state index contributed by atoms with van der Waals surface area (Å²) in [6.45, 7) is 0. The molecule has 0 atom stereocenters. The fourth-order valence-corrected chi connectivity index (χ4v) is 10.2. The summed E-state index contributed by atoms with van der Waals surface area (Å²) in [5.41, 5.74) is 10.5. The van der Waals surface area contributed by atoms with Crippen LogP contribution < -0.4 is 0 Å². The largest absolute Gasteiger partial charge is 0.455 e. The highest BCUT2D eigenvalue weighted by molar-refractivity contribution is 6.16. The molecule has 0 fully saturated rings. The summed E-state index contributed by atoms with van der Waals surface area (Å²) in [5, 5.41) is 11.2. The van der Waals surface area contributed by atoms with Gasteiger partial charge in [0.15, 0.2) is 17.5 Å². The van der Waals surface area contributed by atoms with Gasteiger partial charge >= 0.3 is 0 Å². The van der Waals surface area contributed by atoms with Crippen molar-refractivity contribution in [2.75, 3.05) is 0 Å². The Kier molecular flexibility index (Phi) is 7.59. The van der Waals surface area contributed by atoms with E-state index < -0.39 is 0 Å². The summed E-state index contributed by atoms with van der Waals surface area (Å²) in [5.74, 6) is 1.67. The Morgan fingerprint density at radius 2 is 0.923 bits per heavy atom. The third-order valence-electron chi connectivity index (χ3n) is 13.1. The molecule has 0 aliphatic carbocycles. The Bertz CT molecular complexity index is 4250. The van der Waals surface area contributed by atoms with Gasteiger partial charge < -0.3 is 13.6 Å². The Morgan fingerprint density at radius 3 is 1.75 bits per heavy atom. The molecule has 0 spiro atoms. The lowest BCUT2D eigenvalue weighted by Crippen LogP contribution is -2.04. The van der Waals surface area contributed by atoms with Crippen LogP contribution in [-0.2, 0) is 0 Å². The first kappa shape index (κ1) is 35.7. The van der Waals surface area contributed by atoms with Crippen molar-refractivity contribution in [3.8, 4) is 45.5 Å².